The molecule has 0 aliphatic heterocycles. The predicted octanol–water partition coefficient (Wildman–Crippen LogP) is 3.22. The molecule has 1 aromatic carbocycles. The van der Waals surface area contributed by atoms with E-state index >= 15 is 0 Å². The van der Waals surface area contributed by atoms with Crippen molar-refractivity contribution in [2.45, 2.75) is 11.5 Å². The molecule has 0 aromatic heterocycles. The summed E-state index contributed by atoms with van der Waals surface area (Å²) in [5, 5.41) is 0.441. The van der Waals surface area contributed by atoms with Crippen LogP contribution in [-0.4, -0.2) is 23.1 Å². The topological polar surface area (TPSA) is 0 Å². The number of benzene rings is 1. The molecule has 0 saturated heterocycles. The van der Waals surface area contributed by atoms with Crippen LogP contribution in [-0.2, 0) is 11.5 Å². The molecular weight excluding hydrogens is 257 g/mol. The van der Waals surface area contributed by atoms with Crippen LogP contribution in [0, 0.1) is 0 Å². The highest BCUT2D eigenvalue weighted by Gasteiger charge is 2.30. The third-order valence-corrected chi connectivity index (χ3v) is 2.06. The lowest BCUT2D eigenvalue weighted by Gasteiger charge is -2.06. The van der Waals surface area contributed by atoms with Gasteiger partial charge in [0.25, 0.3) is 0 Å². The molecule has 5 heteroatoms. The summed E-state index contributed by atoms with van der Waals surface area (Å²) in [6, 6.07) is 5.24. The van der Waals surface area contributed by atoms with Gasteiger partial charge in [-0.05, 0) is 11.6 Å². The van der Waals surface area contributed by atoms with Crippen LogP contribution in [0.2, 0.25) is 0 Å². The second-order valence-electron chi connectivity index (χ2n) is 2.33. The zero-order chi connectivity index (χ0) is 9.19. The summed E-state index contributed by atoms with van der Waals surface area (Å²) in [5.74, 6) is 0. The predicted molar refractivity (Wildman–Crippen MR) is 49.8 cm³/mol. The van der Waals surface area contributed by atoms with Gasteiger partial charge in [-0.2, -0.15) is 13.2 Å². The smallest absolute Gasteiger partial charge is 0.166 e. The SMILES string of the molecule is FC(F)(F)c1cccc(CBr)c1.[Mg]. The van der Waals surface area contributed by atoms with Gasteiger partial charge in [-0.15, -0.1) is 0 Å². The first kappa shape index (κ1) is 13.3. The number of halogens is 4. The Hall–Kier alpha value is 0.256. The molecule has 0 bridgehead atoms. The largest absolute Gasteiger partial charge is 0.416 e. The molecule has 0 spiro atoms. The number of hydrogen-bond acceptors (Lipinski definition) is 0. The highest BCUT2D eigenvalue weighted by atomic mass is 79.9. The fraction of sp³-hybridized carbons (Fsp3) is 0.250. The average molecular weight is 263 g/mol. The van der Waals surface area contributed by atoms with Crippen LogP contribution < -0.4 is 0 Å². The molecule has 0 aliphatic rings. The van der Waals surface area contributed by atoms with Crippen LogP contribution >= 0.6 is 15.9 Å². The van der Waals surface area contributed by atoms with Gasteiger partial charge in [0, 0.05) is 28.4 Å². The second-order valence-corrected chi connectivity index (χ2v) is 2.89. The maximum Gasteiger partial charge on any atom is 0.416 e. The van der Waals surface area contributed by atoms with Gasteiger partial charge < -0.3 is 0 Å². The normalized spacial score (nSPS) is 10.8. The Morgan fingerprint density at radius 3 is 2.31 bits per heavy atom. The van der Waals surface area contributed by atoms with E-state index in [-0.39, 0.29) is 23.1 Å². The molecule has 1 aromatic rings. The lowest BCUT2D eigenvalue weighted by atomic mass is 10.1. The van der Waals surface area contributed by atoms with E-state index in [4.69, 9.17) is 0 Å². The fourth-order valence-corrected chi connectivity index (χ4v) is 1.18. The lowest BCUT2D eigenvalue weighted by molar-refractivity contribution is -0.137. The van der Waals surface area contributed by atoms with Crippen LogP contribution in [0.1, 0.15) is 11.1 Å². The molecule has 0 N–H and O–H groups in total. The van der Waals surface area contributed by atoms with Gasteiger partial charge in [0.15, 0.2) is 0 Å². The molecule has 0 unspecified atom stereocenters. The Bertz CT molecular complexity index is 272. The van der Waals surface area contributed by atoms with Crippen molar-refractivity contribution >= 4 is 39.0 Å². The third kappa shape index (κ3) is 3.87. The molecule has 0 heterocycles. The van der Waals surface area contributed by atoms with Crippen molar-refractivity contribution in [1.82, 2.24) is 0 Å². The van der Waals surface area contributed by atoms with Crippen LogP contribution in [0.15, 0.2) is 24.3 Å². The molecule has 68 valence electrons. The van der Waals surface area contributed by atoms with E-state index in [1.54, 1.807) is 6.07 Å². The van der Waals surface area contributed by atoms with Crippen molar-refractivity contribution < 1.29 is 13.2 Å². The molecule has 0 nitrogen and oxygen atoms in total. The maximum atomic E-state index is 12.1. The maximum absolute atomic E-state index is 12.1. The first-order valence-corrected chi connectivity index (χ1v) is 4.38. The molecule has 2 radical (unpaired) electrons. The van der Waals surface area contributed by atoms with Crippen molar-refractivity contribution in [1.29, 1.82) is 0 Å². The molecule has 0 atom stereocenters. The highest BCUT2D eigenvalue weighted by molar-refractivity contribution is 9.08. The Balaban J connectivity index is 0.00000144. The molecule has 0 saturated carbocycles. The van der Waals surface area contributed by atoms with E-state index in [2.05, 4.69) is 15.9 Å². The highest BCUT2D eigenvalue weighted by Crippen LogP contribution is 2.29. The summed E-state index contributed by atoms with van der Waals surface area (Å²) >= 11 is 3.09. The van der Waals surface area contributed by atoms with E-state index in [0.29, 0.717) is 10.9 Å². The van der Waals surface area contributed by atoms with E-state index in [0.717, 1.165) is 12.1 Å². The summed E-state index contributed by atoms with van der Waals surface area (Å²) in [4.78, 5) is 0. The zero-order valence-corrected chi connectivity index (χ0v) is 9.74. The first-order valence-electron chi connectivity index (χ1n) is 3.26. The van der Waals surface area contributed by atoms with Crippen LogP contribution in [0.4, 0.5) is 13.2 Å². The zero-order valence-electron chi connectivity index (χ0n) is 6.74. The van der Waals surface area contributed by atoms with E-state index in [1.807, 2.05) is 0 Å². The monoisotopic (exact) mass is 262 g/mol. The van der Waals surface area contributed by atoms with Crippen LogP contribution in [0.3, 0.4) is 0 Å². The molecular formula is C8H6BrF3Mg. The van der Waals surface area contributed by atoms with Gasteiger partial charge in [-0.1, -0.05) is 34.1 Å². The van der Waals surface area contributed by atoms with Gasteiger partial charge >= 0.3 is 6.18 Å². The number of alkyl halides is 4. The van der Waals surface area contributed by atoms with Crippen molar-refractivity contribution in [3.05, 3.63) is 35.4 Å². The van der Waals surface area contributed by atoms with Crippen molar-refractivity contribution in [2.75, 3.05) is 0 Å². The Labute approximate surface area is 98.8 Å². The minimum absolute atomic E-state index is 0. The molecule has 0 aliphatic carbocycles. The van der Waals surface area contributed by atoms with Crippen molar-refractivity contribution in [3.8, 4) is 0 Å². The van der Waals surface area contributed by atoms with Crippen molar-refractivity contribution in [2.24, 2.45) is 0 Å². The molecule has 0 fully saturated rings. The van der Waals surface area contributed by atoms with E-state index in [1.165, 1.54) is 6.07 Å². The standard InChI is InChI=1S/C8H6BrF3.Mg/c9-5-6-2-1-3-7(4-6)8(10,11)12;/h1-4H,5H2;. The minimum atomic E-state index is -4.24. The van der Waals surface area contributed by atoms with Gasteiger partial charge in [-0.3, -0.25) is 0 Å². The van der Waals surface area contributed by atoms with Crippen LogP contribution in [0.25, 0.3) is 0 Å². The van der Waals surface area contributed by atoms with Gasteiger partial charge in [0.2, 0.25) is 0 Å². The Morgan fingerprint density at radius 1 is 1.23 bits per heavy atom. The molecule has 1 rings (SSSR count). The average Bonchev–Trinajstić information content (AvgIpc) is 2.03. The van der Waals surface area contributed by atoms with Gasteiger partial charge in [-0.25, -0.2) is 0 Å². The summed E-state index contributed by atoms with van der Waals surface area (Å²) in [6.07, 6.45) is -4.24. The lowest BCUT2D eigenvalue weighted by Crippen LogP contribution is -2.04. The van der Waals surface area contributed by atoms with Gasteiger partial charge in [0.05, 0.1) is 5.56 Å². The molecule has 13 heavy (non-hydrogen) atoms. The second kappa shape index (κ2) is 5.21. The summed E-state index contributed by atoms with van der Waals surface area (Å²) < 4.78 is 36.3. The Kier molecular flexibility index (Phi) is 5.32. The van der Waals surface area contributed by atoms with Crippen LogP contribution in [0.5, 0.6) is 0 Å². The summed E-state index contributed by atoms with van der Waals surface area (Å²) in [6.45, 7) is 0. The fourth-order valence-electron chi connectivity index (χ4n) is 0.831. The Morgan fingerprint density at radius 2 is 1.85 bits per heavy atom. The number of hydrogen-bond donors (Lipinski definition) is 0. The van der Waals surface area contributed by atoms with Gasteiger partial charge in [0.1, 0.15) is 0 Å². The van der Waals surface area contributed by atoms with E-state index < -0.39 is 11.7 Å². The first-order chi connectivity index (χ1) is 5.54. The number of rotatable bonds is 1. The summed E-state index contributed by atoms with van der Waals surface area (Å²) in [5.41, 5.74) is 0.0317. The quantitative estimate of drug-likeness (QED) is 0.539. The molecule has 0 amide bonds. The van der Waals surface area contributed by atoms with Crippen molar-refractivity contribution in [3.63, 3.8) is 0 Å². The summed E-state index contributed by atoms with van der Waals surface area (Å²) in [7, 11) is 0. The van der Waals surface area contributed by atoms with E-state index in [9.17, 15) is 13.2 Å². The minimum Gasteiger partial charge on any atom is -0.166 e. The third-order valence-electron chi connectivity index (χ3n) is 1.41.